The van der Waals surface area contributed by atoms with Crippen LogP contribution in [0.2, 0.25) is 0 Å². The molecular formula is C36H30F6N6O3. The van der Waals surface area contributed by atoms with Crippen molar-refractivity contribution in [2.24, 2.45) is 13.0 Å². The van der Waals surface area contributed by atoms with Crippen LogP contribution in [0.5, 0.6) is 0 Å². The summed E-state index contributed by atoms with van der Waals surface area (Å²) >= 11 is 0. The molecule has 3 aromatic heterocycles. The Morgan fingerprint density at radius 3 is 2.53 bits per heavy atom. The highest BCUT2D eigenvalue weighted by Crippen LogP contribution is 2.68. The van der Waals surface area contributed by atoms with Crippen molar-refractivity contribution in [2.75, 3.05) is 0 Å². The lowest BCUT2D eigenvalue weighted by Gasteiger charge is -2.23. The molecule has 2 aliphatic rings. The third-order valence-corrected chi connectivity index (χ3v) is 9.08. The van der Waals surface area contributed by atoms with Crippen molar-refractivity contribution in [3.8, 4) is 23.0 Å². The minimum absolute atomic E-state index is 0.0461. The number of pyridine rings is 1. The number of H-pyrrole nitrogens is 1. The second-order valence-corrected chi connectivity index (χ2v) is 13.4. The molecule has 7 rings (SSSR count). The molecule has 264 valence electrons. The summed E-state index contributed by atoms with van der Waals surface area (Å²) < 4.78 is 89.4. The summed E-state index contributed by atoms with van der Waals surface area (Å²) in [7, 11) is 1.62. The minimum atomic E-state index is -3.47. The standard InChI is InChI=1S/C36H30F6N6O3/c1-35(2,51)10-9-20-7-8-21(22-5-4-6-23-31(22)47(3)46-34(23)50)29(43-20)26(13-17-11-18(37)14-19(38)12-17)44-27(49)16-48-32-28(30(45-48)33(39)40)24-15-25(24)36(32,41)42/h4-8,11-12,14,24-26,33,51H,13,15-16H2,1-3H3,(H,44,49)(H,46,50)/t24-,25?,26-/m0/s1. The highest BCUT2D eigenvalue weighted by molar-refractivity contribution is 5.94. The molecule has 1 unspecified atom stereocenters. The molecule has 5 aromatic rings. The molecule has 0 bridgehead atoms. The van der Waals surface area contributed by atoms with Gasteiger partial charge in [0.2, 0.25) is 5.91 Å². The number of aliphatic hydroxyl groups is 1. The average Bonchev–Trinajstić information content (AvgIpc) is 3.60. The molecule has 15 heteroatoms. The van der Waals surface area contributed by atoms with Gasteiger partial charge in [-0.1, -0.05) is 18.1 Å². The number of aromatic nitrogens is 5. The predicted octanol–water partition coefficient (Wildman–Crippen LogP) is 5.77. The molecule has 0 spiro atoms. The number of alkyl halides is 4. The number of hydrogen-bond donors (Lipinski definition) is 3. The van der Waals surface area contributed by atoms with Gasteiger partial charge in [-0.05, 0) is 74.4 Å². The van der Waals surface area contributed by atoms with E-state index in [2.05, 4.69) is 27.4 Å². The quantitative estimate of drug-likeness (QED) is 0.140. The Balaban J connectivity index is 1.36. The van der Waals surface area contributed by atoms with Gasteiger partial charge in [0.1, 0.15) is 40.9 Å². The summed E-state index contributed by atoms with van der Waals surface area (Å²) in [6.45, 7) is 2.05. The number of para-hydroxylation sites is 1. The number of carbonyl (C=O) groups excluding carboxylic acids is 1. The van der Waals surface area contributed by atoms with Gasteiger partial charge in [0.15, 0.2) is 0 Å². The number of rotatable bonds is 8. The number of nitrogens with zero attached hydrogens (tertiary/aromatic N) is 4. The molecule has 1 fully saturated rings. The van der Waals surface area contributed by atoms with Crippen molar-refractivity contribution in [3.05, 3.63) is 104 Å². The molecule has 51 heavy (non-hydrogen) atoms. The molecule has 1 saturated carbocycles. The van der Waals surface area contributed by atoms with E-state index < -0.39 is 71.3 Å². The van der Waals surface area contributed by atoms with Crippen molar-refractivity contribution in [1.29, 1.82) is 0 Å². The van der Waals surface area contributed by atoms with E-state index in [0.717, 1.165) is 12.1 Å². The molecule has 3 atom stereocenters. The molecule has 9 nitrogen and oxygen atoms in total. The van der Waals surface area contributed by atoms with E-state index >= 15 is 8.78 Å². The average molecular weight is 709 g/mol. The smallest absolute Gasteiger partial charge is 0.293 e. The van der Waals surface area contributed by atoms with Gasteiger partial charge in [-0.25, -0.2) is 22.5 Å². The van der Waals surface area contributed by atoms with Crippen LogP contribution in [0, 0.1) is 29.4 Å². The molecule has 0 radical (unpaired) electrons. The fraction of sp³-hybridized carbons (Fsp3) is 0.333. The number of benzene rings is 2. The Bertz CT molecular complexity index is 2320. The number of aryl methyl sites for hydroxylation is 1. The Morgan fingerprint density at radius 2 is 1.84 bits per heavy atom. The maximum Gasteiger partial charge on any atom is 0.293 e. The molecular weight excluding hydrogens is 678 g/mol. The minimum Gasteiger partial charge on any atom is -0.378 e. The van der Waals surface area contributed by atoms with E-state index in [1.807, 2.05) is 0 Å². The zero-order valence-corrected chi connectivity index (χ0v) is 27.4. The largest absolute Gasteiger partial charge is 0.378 e. The predicted molar refractivity (Wildman–Crippen MR) is 173 cm³/mol. The van der Waals surface area contributed by atoms with Crippen LogP contribution in [0.3, 0.4) is 0 Å². The summed E-state index contributed by atoms with van der Waals surface area (Å²) in [6, 6.07) is 9.67. The maximum absolute atomic E-state index is 15.3. The van der Waals surface area contributed by atoms with E-state index in [0.29, 0.717) is 32.8 Å². The monoisotopic (exact) mass is 708 g/mol. The molecule has 3 N–H and O–H groups in total. The third kappa shape index (κ3) is 6.28. The summed E-state index contributed by atoms with van der Waals surface area (Å²) in [5.41, 5.74) is -1.86. The van der Waals surface area contributed by atoms with Gasteiger partial charge in [0.05, 0.1) is 22.6 Å². The van der Waals surface area contributed by atoms with Gasteiger partial charge >= 0.3 is 0 Å². The Labute approximate surface area is 286 Å². The van der Waals surface area contributed by atoms with Crippen LogP contribution in [0.25, 0.3) is 22.0 Å². The van der Waals surface area contributed by atoms with Gasteiger partial charge in [-0.2, -0.15) is 13.9 Å². The lowest BCUT2D eigenvalue weighted by molar-refractivity contribution is -0.123. The van der Waals surface area contributed by atoms with Crippen molar-refractivity contribution < 1.29 is 36.2 Å². The van der Waals surface area contributed by atoms with E-state index in [9.17, 15) is 32.3 Å². The van der Waals surface area contributed by atoms with Crippen LogP contribution in [0.4, 0.5) is 26.3 Å². The molecule has 3 heterocycles. The third-order valence-electron chi connectivity index (χ3n) is 9.08. The van der Waals surface area contributed by atoms with E-state index in [1.165, 1.54) is 18.5 Å². The molecule has 0 aliphatic heterocycles. The van der Waals surface area contributed by atoms with Crippen LogP contribution in [0.1, 0.15) is 72.6 Å². The number of nitrogens with one attached hydrogen (secondary N) is 2. The normalized spacial score (nSPS) is 17.9. The number of carbonyl (C=O) groups is 1. The van der Waals surface area contributed by atoms with Crippen molar-refractivity contribution in [1.82, 2.24) is 29.9 Å². The first kappa shape index (κ1) is 34.1. The van der Waals surface area contributed by atoms with Gasteiger partial charge in [0.25, 0.3) is 17.9 Å². The second kappa shape index (κ2) is 12.2. The first-order valence-electron chi connectivity index (χ1n) is 16.0. The van der Waals surface area contributed by atoms with Gasteiger partial charge in [-0.3, -0.25) is 24.1 Å². The molecule has 0 saturated heterocycles. The highest BCUT2D eigenvalue weighted by Gasteiger charge is 2.67. The van der Waals surface area contributed by atoms with Gasteiger partial charge < -0.3 is 10.4 Å². The first-order chi connectivity index (χ1) is 24.0. The van der Waals surface area contributed by atoms with Crippen LogP contribution in [0.15, 0.2) is 53.3 Å². The summed E-state index contributed by atoms with van der Waals surface area (Å²) in [5, 5.41) is 19.7. The fourth-order valence-electron chi connectivity index (χ4n) is 6.96. The number of amides is 1. The van der Waals surface area contributed by atoms with E-state index in [-0.39, 0.29) is 40.9 Å². The molecule has 1 amide bonds. The number of halogens is 6. The maximum atomic E-state index is 15.3. The topological polar surface area (TPSA) is 118 Å². The zero-order chi connectivity index (χ0) is 36.6. The second-order valence-electron chi connectivity index (χ2n) is 13.4. The SMILES string of the molecule is Cn1[nH]c(=O)c2cccc(-c3ccc(C#CC(C)(C)O)nc3[C@H](Cc3cc(F)cc(F)c3)NC(=O)Cn3nc(C(F)F)c4c3C(F)(F)C3C[C@H]43)c21. The fourth-order valence-corrected chi connectivity index (χ4v) is 6.96. The van der Waals surface area contributed by atoms with E-state index in [4.69, 9.17) is 4.98 Å². The first-order valence-corrected chi connectivity index (χ1v) is 16.0. The molecule has 2 aromatic carbocycles. The zero-order valence-electron chi connectivity index (χ0n) is 27.4. The van der Waals surface area contributed by atoms with Crippen molar-refractivity contribution in [3.63, 3.8) is 0 Å². The van der Waals surface area contributed by atoms with Gasteiger partial charge in [-0.15, -0.1) is 0 Å². The van der Waals surface area contributed by atoms with Crippen LogP contribution in [-0.4, -0.2) is 41.2 Å². The molecule has 2 aliphatic carbocycles. The van der Waals surface area contributed by atoms with Crippen molar-refractivity contribution in [2.45, 2.75) is 63.1 Å². The number of fused-ring (bicyclic) bond motifs is 4. The number of hydrogen-bond acceptors (Lipinski definition) is 5. The lowest BCUT2D eigenvalue weighted by Crippen LogP contribution is -2.35. The Hall–Kier alpha value is -5.36. The van der Waals surface area contributed by atoms with Crippen LogP contribution >= 0.6 is 0 Å². The lowest BCUT2D eigenvalue weighted by atomic mass is 9.93. The van der Waals surface area contributed by atoms with Crippen molar-refractivity contribution >= 4 is 16.8 Å². The van der Waals surface area contributed by atoms with Crippen LogP contribution in [-0.2, 0) is 30.7 Å². The summed E-state index contributed by atoms with van der Waals surface area (Å²) in [5.74, 6) is -2.66. The van der Waals surface area contributed by atoms with E-state index in [1.54, 1.807) is 37.4 Å². The van der Waals surface area contributed by atoms with Crippen LogP contribution < -0.4 is 10.9 Å². The highest BCUT2D eigenvalue weighted by atomic mass is 19.3. The Morgan fingerprint density at radius 1 is 1.12 bits per heavy atom. The van der Waals surface area contributed by atoms with Gasteiger partial charge in [0, 0.05) is 35.7 Å². The summed E-state index contributed by atoms with van der Waals surface area (Å²) in [6.07, 6.45) is -3.37. The Kier molecular flexibility index (Phi) is 8.13. The summed E-state index contributed by atoms with van der Waals surface area (Å²) in [4.78, 5) is 31.1. The number of aromatic amines is 1.